The number of halogens is 7. The van der Waals surface area contributed by atoms with Gasteiger partial charge in [0.15, 0.2) is 45.5 Å². The Kier molecular flexibility index (Phi) is 21.3. The van der Waals surface area contributed by atoms with Crippen LogP contribution < -0.4 is 24.5 Å². The van der Waals surface area contributed by atoms with Crippen molar-refractivity contribution in [3.8, 4) is 12.1 Å². The Hall–Kier alpha value is -13.3. The lowest BCUT2D eigenvalue weighted by Crippen LogP contribution is -2.48. The summed E-state index contributed by atoms with van der Waals surface area (Å²) in [5.74, 6) is -0.603. The Balaban J connectivity index is 0.000000106. The average molecular weight is 1850 g/mol. The van der Waals surface area contributed by atoms with E-state index in [1.807, 2.05) is 104 Å². The molecular formula is C94H73ClF6N16O11S3. The molecule has 1 aliphatic carbocycles. The number of thiazole rings is 1. The van der Waals surface area contributed by atoms with Gasteiger partial charge in [-0.2, -0.15) is 36.9 Å². The molecule has 10 aliphatic heterocycles. The highest BCUT2D eigenvalue weighted by molar-refractivity contribution is 7.17. The quantitative estimate of drug-likeness (QED) is 0.0999. The maximum absolute atomic E-state index is 13.2. The maximum Gasteiger partial charge on any atom is 0.416 e. The van der Waals surface area contributed by atoms with Crippen molar-refractivity contribution in [1.29, 1.82) is 10.5 Å². The Bertz CT molecular complexity index is 7210. The van der Waals surface area contributed by atoms with E-state index in [1.54, 1.807) is 76.2 Å². The molecule has 7 aromatic carbocycles. The predicted octanol–water partition coefficient (Wildman–Crippen LogP) is 17.3. The first-order chi connectivity index (χ1) is 62.4. The number of amidine groups is 5. The molecule has 5 aromatic heterocycles. The van der Waals surface area contributed by atoms with Gasteiger partial charge in [0.05, 0.1) is 88.5 Å². The number of aliphatic hydroxyl groups is 5. The number of alkyl halides is 6. The highest BCUT2D eigenvalue weighted by Gasteiger charge is 2.59. The zero-order valence-electron chi connectivity index (χ0n) is 70.0. The van der Waals surface area contributed by atoms with Crippen LogP contribution in [0, 0.1) is 57.3 Å². The van der Waals surface area contributed by atoms with Crippen molar-refractivity contribution in [2.24, 2.45) is 25.0 Å². The van der Waals surface area contributed by atoms with Gasteiger partial charge in [-0.05, 0) is 210 Å². The number of fused-ring (bicyclic) bond motifs is 14. The fourth-order valence-electron chi connectivity index (χ4n) is 18.2. The van der Waals surface area contributed by atoms with E-state index in [4.69, 9.17) is 36.6 Å². The van der Waals surface area contributed by atoms with E-state index in [0.29, 0.717) is 117 Å². The van der Waals surface area contributed by atoms with Crippen LogP contribution in [0.4, 0.5) is 82.0 Å². The number of Topliss-reactive ketones (excluding diaryl/α,β-unsaturated/α-hetero) is 5. The summed E-state index contributed by atoms with van der Waals surface area (Å²) in [5, 5.41) is 79.6. The number of aryl methyl sites for hydroxylation is 5. The van der Waals surface area contributed by atoms with Gasteiger partial charge in [-0.25, -0.2) is 39.9 Å². The van der Waals surface area contributed by atoms with Crippen LogP contribution in [-0.4, -0.2) is 164 Å². The number of anilines is 5. The standard InChI is InChI=1S/C21H18N4O2.C20H17N3O2S.C19H12F3N3O2S.C18H14ClN3O2S.C16H12F3N3O3/c1-12-7-16-18(8-13(12)2)24-20-21(27,19(16)26)5-6-25(20)15-3-4-17-14(9-15)10-22-11-23-17;21-11-12-5-7-13(8-6-12)23-10-9-20(25)17(24)16-14-3-1-2-4-15(14)26-18(16)22-19(20)23;20-19(21,22)10-1-3-13-12(7-10)16(26)18(27)5-6-25(17(18)24-13)11-2-4-14-15(8-11)28-9-23-14;1-9-10(2)25-16-14(9)15(23)18(24)5-6-22(17(18)21-16)12-4-3-11(8-20)13(19)7-12;1-8-6-12(25-21-8)22-5-4-15(24)13(23)10-7-9(16(17,18)19)2-3-11(10)20-14(15)22/h3-4,7-11,27H,5-6H2,1-2H3;5-8,25H,1-4,9-10H2;1-4,7-9,27H,5-6H2;3-4,7,24H,5-6H2,1-2H3;2-3,6-7,24H,4-5H2,1H3/t21-;20-;2*18-;15-/m11111/s1. The van der Waals surface area contributed by atoms with Gasteiger partial charge in [-0.3, -0.25) is 28.9 Å². The number of carbonyl (C=O) groups is 5. The number of aliphatic imine (C=N–C) groups is 5. The minimum Gasteiger partial charge on any atom is -0.374 e. The molecule has 0 amide bonds. The lowest BCUT2D eigenvalue weighted by molar-refractivity contribution is -0.138. The van der Waals surface area contributed by atoms with E-state index in [2.05, 4.69) is 41.2 Å². The molecule has 662 valence electrons. The van der Waals surface area contributed by atoms with E-state index >= 15 is 0 Å². The Morgan fingerprint density at radius 3 is 1.52 bits per heavy atom. The number of ketones is 5. The second-order valence-corrected chi connectivity index (χ2v) is 37.0. The third kappa shape index (κ3) is 14.6. The topological polar surface area (TPSA) is 377 Å². The summed E-state index contributed by atoms with van der Waals surface area (Å²) in [6.07, 6.45) is -0.739. The third-order valence-electron chi connectivity index (χ3n) is 25.6. The molecule has 0 bridgehead atoms. The SMILES string of the molecule is Cc1cc(N2CC[C@@]3(O)C(=O)c4cc(C(F)(F)F)ccc4N=C23)on1.Cc1cc2c(cc1C)C(=O)[C@]1(O)CCN(c3ccc4ncncc4c3)C1=N2.Cc1sc2c(c1C)C(=O)[C@]1(O)CCN(c3ccc(C#N)c(Cl)c3)C1=N2.N#Cc1ccc(N2CC[C@@]3(O)C(=O)c4c(sc5c4CCCC5)N=C23)cc1.O=C1c2cc(C(F)(F)F)ccc2N=C2N(c3ccc4ncsc4c3)CC[C@@]12O. The minimum atomic E-state index is -4.58. The Morgan fingerprint density at radius 1 is 0.481 bits per heavy atom. The summed E-state index contributed by atoms with van der Waals surface area (Å²) in [5.41, 5.74) is 3.84. The number of benzene rings is 7. The highest BCUT2D eigenvalue weighted by Crippen LogP contribution is 2.52. The molecule has 5 fully saturated rings. The van der Waals surface area contributed by atoms with E-state index in [0.717, 1.165) is 126 Å². The Morgan fingerprint density at radius 2 is 0.962 bits per heavy atom. The van der Waals surface area contributed by atoms with Gasteiger partial charge in [-0.15, -0.1) is 34.0 Å². The maximum atomic E-state index is 13.2. The molecule has 5 atom stereocenters. The van der Waals surface area contributed by atoms with Crippen molar-refractivity contribution in [1.82, 2.24) is 20.1 Å². The van der Waals surface area contributed by atoms with Crippen molar-refractivity contribution in [3.63, 3.8) is 0 Å². The van der Waals surface area contributed by atoms with E-state index in [9.17, 15) is 75.8 Å². The number of rotatable bonds is 5. The molecule has 131 heavy (non-hydrogen) atoms. The first-order valence-electron chi connectivity index (χ1n) is 41.6. The monoisotopic (exact) mass is 1850 g/mol. The molecule has 0 radical (unpaired) electrons. The molecule has 27 nitrogen and oxygen atoms in total. The summed E-state index contributed by atoms with van der Waals surface area (Å²) in [6.45, 7) is 11.6. The largest absolute Gasteiger partial charge is 0.416 e. The molecule has 0 unspecified atom stereocenters. The van der Waals surface area contributed by atoms with Gasteiger partial charge in [0.2, 0.25) is 34.8 Å². The molecule has 5 saturated heterocycles. The van der Waals surface area contributed by atoms with Crippen LogP contribution >= 0.6 is 45.6 Å². The second-order valence-electron chi connectivity index (χ2n) is 33.4. The van der Waals surface area contributed by atoms with Crippen molar-refractivity contribution >= 4 is 181 Å². The normalized spacial score (nSPS) is 22.2. The molecule has 12 aromatic rings. The Labute approximate surface area is 758 Å². The number of hydrogen-bond donors (Lipinski definition) is 5. The van der Waals surface area contributed by atoms with Crippen molar-refractivity contribution in [3.05, 3.63) is 244 Å². The molecule has 11 aliphatic rings. The van der Waals surface area contributed by atoms with Gasteiger partial charge in [0, 0.05) is 132 Å². The molecule has 0 spiro atoms. The van der Waals surface area contributed by atoms with Crippen LogP contribution in [0.25, 0.3) is 21.1 Å². The van der Waals surface area contributed by atoms with Crippen LogP contribution in [0.3, 0.4) is 0 Å². The van der Waals surface area contributed by atoms with Crippen LogP contribution in [0.15, 0.2) is 181 Å². The van der Waals surface area contributed by atoms with Crippen molar-refractivity contribution < 1.29 is 80.4 Å². The number of thiophene rings is 2. The second kappa shape index (κ2) is 32.1. The van der Waals surface area contributed by atoms with Crippen LogP contribution in [-0.2, 0) is 25.2 Å². The van der Waals surface area contributed by atoms with Crippen LogP contribution in [0.1, 0.15) is 157 Å². The van der Waals surface area contributed by atoms with Gasteiger partial charge in [-0.1, -0.05) is 16.8 Å². The fraction of sp³-hybridized carbons (Fsp3) is 0.277. The highest BCUT2D eigenvalue weighted by atomic mass is 35.5. The number of nitriles is 2. The van der Waals surface area contributed by atoms with E-state index < -0.39 is 63.1 Å². The number of carbonyl (C=O) groups excluding carboxylic acids is 5. The number of nitrogens with zero attached hydrogens (tertiary/aromatic N) is 16. The van der Waals surface area contributed by atoms with Gasteiger partial charge < -0.3 is 49.7 Å². The summed E-state index contributed by atoms with van der Waals surface area (Å²) in [4.78, 5) is 111. The predicted molar refractivity (Wildman–Crippen MR) is 483 cm³/mol. The number of aromatic nitrogens is 4. The third-order valence-corrected chi connectivity index (χ3v) is 28.9. The smallest absolute Gasteiger partial charge is 0.374 e. The van der Waals surface area contributed by atoms with E-state index in [1.165, 1.54) is 44.8 Å². The lowest BCUT2D eigenvalue weighted by atomic mass is 9.85. The van der Waals surface area contributed by atoms with Crippen molar-refractivity contribution in [2.45, 2.75) is 133 Å². The molecule has 15 heterocycles. The van der Waals surface area contributed by atoms with Gasteiger partial charge in [0.25, 0.3) is 0 Å². The van der Waals surface area contributed by atoms with Crippen LogP contribution in [0.5, 0.6) is 0 Å². The summed E-state index contributed by atoms with van der Waals surface area (Å²) >= 11 is 10.7. The van der Waals surface area contributed by atoms with Crippen LogP contribution in [0.2, 0.25) is 5.02 Å². The van der Waals surface area contributed by atoms with Gasteiger partial charge >= 0.3 is 12.4 Å². The minimum absolute atomic E-state index is 0.0000990. The number of hydrogen-bond acceptors (Lipinski definition) is 30. The lowest BCUT2D eigenvalue weighted by Gasteiger charge is -2.30. The molecule has 37 heteroatoms. The molecular weight excluding hydrogens is 1770 g/mol. The summed E-state index contributed by atoms with van der Waals surface area (Å²) in [6, 6.07) is 38.6. The first-order valence-corrected chi connectivity index (χ1v) is 44.5. The fourth-order valence-corrected chi connectivity index (χ4v) is 21.4. The van der Waals surface area contributed by atoms with E-state index in [-0.39, 0.29) is 77.3 Å². The first kappa shape index (κ1) is 87.1. The van der Waals surface area contributed by atoms with Gasteiger partial charge in [0.1, 0.15) is 34.1 Å². The molecule has 0 saturated carbocycles. The molecule has 23 rings (SSSR count). The zero-order valence-corrected chi connectivity index (χ0v) is 73.3. The summed E-state index contributed by atoms with van der Waals surface area (Å²) in [7, 11) is 0. The zero-order chi connectivity index (χ0) is 92.2. The molecule has 5 N–H and O–H groups in total. The van der Waals surface area contributed by atoms with Crippen molar-refractivity contribution in [2.75, 3.05) is 57.2 Å². The summed E-state index contributed by atoms with van der Waals surface area (Å²) < 4.78 is 83.8. The average Bonchev–Trinajstić information content (AvgIpc) is 1.59.